The van der Waals surface area contributed by atoms with Gasteiger partial charge in [-0.05, 0) is 32.4 Å². The van der Waals surface area contributed by atoms with Crippen LogP contribution in [0.1, 0.15) is 24.0 Å². The van der Waals surface area contributed by atoms with Gasteiger partial charge in [-0.2, -0.15) is 0 Å². The standard InChI is InChI=1S/C19H26N4O/c1-15-4-2-5-17(10-15)19-21-12-16(13-22-19)11-20-7-9-23-8-3-6-18(24)14-23/h2,4-5,10,12-13,18,20,24H,3,6-9,11,14H2,1H3/t18-/m1/s1. The van der Waals surface area contributed by atoms with Gasteiger partial charge in [0.25, 0.3) is 0 Å². The average Bonchev–Trinajstić information content (AvgIpc) is 2.59. The fourth-order valence-electron chi connectivity index (χ4n) is 3.08. The Bertz CT molecular complexity index is 644. The third-order valence-corrected chi connectivity index (χ3v) is 4.40. The van der Waals surface area contributed by atoms with E-state index >= 15 is 0 Å². The predicted molar refractivity (Wildman–Crippen MR) is 95.6 cm³/mol. The van der Waals surface area contributed by atoms with Crippen molar-refractivity contribution in [3.63, 3.8) is 0 Å². The van der Waals surface area contributed by atoms with E-state index in [1.165, 1.54) is 5.56 Å². The summed E-state index contributed by atoms with van der Waals surface area (Å²) in [5.74, 6) is 0.768. The van der Waals surface area contributed by atoms with E-state index in [1.807, 2.05) is 24.5 Å². The van der Waals surface area contributed by atoms with E-state index in [0.29, 0.717) is 0 Å². The van der Waals surface area contributed by atoms with Gasteiger partial charge in [0.15, 0.2) is 5.82 Å². The van der Waals surface area contributed by atoms with Gasteiger partial charge < -0.3 is 10.4 Å². The molecule has 0 bridgehead atoms. The lowest BCUT2D eigenvalue weighted by Gasteiger charge is -2.29. The number of likely N-dealkylation sites (tertiary alicyclic amines) is 1. The Morgan fingerprint density at radius 1 is 1.29 bits per heavy atom. The highest BCUT2D eigenvalue weighted by Crippen LogP contribution is 2.15. The van der Waals surface area contributed by atoms with E-state index in [-0.39, 0.29) is 6.10 Å². The molecule has 1 aliphatic rings. The summed E-state index contributed by atoms with van der Waals surface area (Å²) >= 11 is 0. The maximum Gasteiger partial charge on any atom is 0.159 e. The van der Waals surface area contributed by atoms with E-state index in [2.05, 4.69) is 39.2 Å². The molecule has 0 amide bonds. The molecule has 0 unspecified atom stereocenters. The zero-order valence-corrected chi connectivity index (χ0v) is 14.3. The summed E-state index contributed by atoms with van der Waals surface area (Å²) in [6.45, 7) is 6.61. The molecule has 1 fully saturated rings. The van der Waals surface area contributed by atoms with Crippen LogP contribution in [0.4, 0.5) is 0 Å². The van der Waals surface area contributed by atoms with Crippen LogP contribution in [0.3, 0.4) is 0 Å². The van der Waals surface area contributed by atoms with Crippen LogP contribution in [0.15, 0.2) is 36.7 Å². The van der Waals surface area contributed by atoms with Crippen molar-refractivity contribution in [3.05, 3.63) is 47.8 Å². The van der Waals surface area contributed by atoms with Crippen LogP contribution in [-0.4, -0.2) is 52.3 Å². The number of aliphatic hydroxyl groups excluding tert-OH is 1. The number of hydrogen-bond acceptors (Lipinski definition) is 5. The van der Waals surface area contributed by atoms with Gasteiger partial charge in [-0.25, -0.2) is 9.97 Å². The molecule has 5 heteroatoms. The molecule has 1 aromatic heterocycles. The SMILES string of the molecule is Cc1cccc(-c2ncc(CNCCN3CCC[C@@H](O)C3)cn2)c1. The van der Waals surface area contributed by atoms with Crippen LogP contribution in [0, 0.1) is 6.92 Å². The van der Waals surface area contributed by atoms with Gasteiger partial charge in [-0.1, -0.05) is 23.8 Å². The fourth-order valence-corrected chi connectivity index (χ4v) is 3.08. The van der Waals surface area contributed by atoms with Gasteiger partial charge in [-0.3, -0.25) is 4.90 Å². The molecule has 128 valence electrons. The second-order valence-corrected chi connectivity index (χ2v) is 6.56. The number of nitrogens with zero attached hydrogens (tertiary/aromatic N) is 3. The zero-order valence-electron chi connectivity index (χ0n) is 14.3. The number of β-amino-alcohol motifs (C(OH)–C–C–N with tert-alkyl or cyclic N) is 1. The van der Waals surface area contributed by atoms with E-state index in [4.69, 9.17) is 0 Å². The van der Waals surface area contributed by atoms with Gasteiger partial charge in [0.1, 0.15) is 0 Å². The van der Waals surface area contributed by atoms with Crippen LogP contribution < -0.4 is 5.32 Å². The summed E-state index contributed by atoms with van der Waals surface area (Å²) in [4.78, 5) is 11.3. The molecule has 2 heterocycles. The number of benzene rings is 1. The molecule has 24 heavy (non-hydrogen) atoms. The number of aliphatic hydroxyl groups is 1. The van der Waals surface area contributed by atoms with Crippen molar-refractivity contribution >= 4 is 0 Å². The van der Waals surface area contributed by atoms with Crippen molar-refractivity contribution < 1.29 is 5.11 Å². The summed E-state index contributed by atoms with van der Waals surface area (Å²) in [6, 6.07) is 8.23. The molecule has 1 aliphatic heterocycles. The Morgan fingerprint density at radius 2 is 2.12 bits per heavy atom. The summed E-state index contributed by atoms with van der Waals surface area (Å²) in [7, 11) is 0. The maximum absolute atomic E-state index is 9.67. The Balaban J connectivity index is 1.45. The number of nitrogens with one attached hydrogen (secondary N) is 1. The Labute approximate surface area is 143 Å². The first-order chi connectivity index (χ1) is 11.7. The molecule has 1 atom stereocenters. The minimum atomic E-state index is -0.152. The molecule has 0 spiro atoms. The van der Waals surface area contributed by atoms with Gasteiger partial charge in [0.2, 0.25) is 0 Å². The monoisotopic (exact) mass is 326 g/mol. The van der Waals surface area contributed by atoms with Crippen molar-refractivity contribution in [2.24, 2.45) is 0 Å². The zero-order chi connectivity index (χ0) is 16.8. The van der Waals surface area contributed by atoms with Gasteiger partial charge in [-0.15, -0.1) is 0 Å². The highest BCUT2D eigenvalue weighted by molar-refractivity contribution is 5.55. The Kier molecular flexibility index (Phi) is 5.91. The van der Waals surface area contributed by atoms with E-state index < -0.39 is 0 Å². The Morgan fingerprint density at radius 3 is 2.88 bits per heavy atom. The number of rotatable bonds is 6. The highest BCUT2D eigenvalue weighted by atomic mass is 16.3. The third-order valence-electron chi connectivity index (χ3n) is 4.40. The van der Waals surface area contributed by atoms with Gasteiger partial charge in [0, 0.05) is 49.7 Å². The smallest absolute Gasteiger partial charge is 0.159 e. The maximum atomic E-state index is 9.67. The molecule has 5 nitrogen and oxygen atoms in total. The lowest BCUT2D eigenvalue weighted by molar-refractivity contribution is 0.0712. The quantitative estimate of drug-likeness (QED) is 0.795. The molecule has 0 aliphatic carbocycles. The molecule has 0 saturated carbocycles. The predicted octanol–water partition coefficient (Wildman–Crippen LogP) is 2.00. The van der Waals surface area contributed by atoms with E-state index in [0.717, 1.165) is 62.5 Å². The Hall–Kier alpha value is -1.82. The largest absolute Gasteiger partial charge is 0.392 e. The second kappa shape index (κ2) is 8.33. The minimum absolute atomic E-state index is 0.152. The minimum Gasteiger partial charge on any atom is -0.392 e. The number of aryl methyl sites for hydroxylation is 1. The van der Waals surface area contributed by atoms with Crippen molar-refractivity contribution in [2.45, 2.75) is 32.4 Å². The van der Waals surface area contributed by atoms with Crippen molar-refractivity contribution in [3.8, 4) is 11.4 Å². The van der Waals surface area contributed by atoms with Crippen molar-refractivity contribution in [2.75, 3.05) is 26.2 Å². The van der Waals surface area contributed by atoms with E-state index in [9.17, 15) is 5.11 Å². The summed E-state index contributed by atoms with van der Waals surface area (Å²) in [5, 5.41) is 13.1. The normalized spacial score (nSPS) is 18.7. The molecule has 1 aromatic carbocycles. The number of piperidine rings is 1. The molecular formula is C19H26N4O. The molecule has 0 radical (unpaired) electrons. The second-order valence-electron chi connectivity index (χ2n) is 6.56. The van der Waals surface area contributed by atoms with Crippen LogP contribution in [-0.2, 0) is 6.54 Å². The molecule has 2 aromatic rings. The summed E-state index contributed by atoms with van der Waals surface area (Å²) in [6.07, 6.45) is 5.66. The number of aromatic nitrogens is 2. The topological polar surface area (TPSA) is 61.3 Å². The molecule has 2 N–H and O–H groups in total. The van der Waals surface area contributed by atoms with Gasteiger partial charge >= 0.3 is 0 Å². The molecule has 1 saturated heterocycles. The van der Waals surface area contributed by atoms with E-state index in [1.54, 1.807) is 0 Å². The van der Waals surface area contributed by atoms with Crippen LogP contribution in [0.5, 0.6) is 0 Å². The third kappa shape index (κ3) is 4.84. The van der Waals surface area contributed by atoms with Crippen LogP contribution in [0.2, 0.25) is 0 Å². The molecular weight excluding hydrogens is 300 g/mol. The average molecular weight is 326 g/mol. The van der Waals surface area contributed by atoms with Gasteiger partial charge in [0.05, 0.1) is 6.10 Å². The van der Waals surface area contributed by atoms with Crippen LogP contribution in [0.25, 0.3) is 11.4 Å². The lowest BCUT2D eigenvalue weighted by Crippen LogP contribution is -2.41. The first-order valence-electron chi connectivity index (χ1n) is 8.70. The fraction of sp³-hybridized carbons (Fsp3) is 0.474. The highest BCUT2D eigenvalue weighted by Gasteiger charge is 2.16. The lowest BCUT2D eigenvalue weighted by atomic mass is 10.1. The first-order valence-corrected chi connectivity index (χ1v) is 8.70. The summed E-state index contributed by atoms with van der Waals surface area (Å²) < 4.78 is 0. The molecule has 3 rings (SSSR count). The summed E-state index contributed by atoms with van der Waals surface area (Å²) in [5.41, 5.74) is 3.35. The van der Waals surface area contributed by atoms with Crippen LogP contribution >= 0.6 is 0 Å². The van der Waals surface area contributed by atoms with Crippen molar-refractivity contribution in [1.29, 1.82) is 0 Å². The first kappa shape index (κ1) is 17.0. The number of hydrogen-bond donors (Lipinski definition) is 2. The van der Waals surface area contributed by atoms with Crippen molar-refractivity contribution in [1.82, 2.24) is 20.2 Å².